The number of nitrogens with one attached hydrogen (secondary N) is 1. The summed E-state index contributed by atoms with van der Waals surface area (Å²) < 4.78 is 7.29. The summed E-state index contributed by atoms with van der Waals surface area (Å²) in [5, 5.41) is 7.61. The number of hydrogen-bond donors (Lipinski definition) is 2. The average Bonchev–Trinajstić information content (AvgIpc) is 2.59. The molecule has 0 spiro atoms. The van der Waals surface area contributed by atoms with Gasteiger partial charge in [-0.3, -0.25) is 4.68 Å². The lowest BCUT2D eigenvalue weighted by molar-refractivity contribution is 0.126. The van der Waals surface area contributed by atoms with Gasteiger partial charge < -0.3 is 20.7 Å². The van der Waals surface area contributed by atoms with Crippen molar-refractivity contribution in [1.82, 2.24) is 14.7 Å². The second kappa shape index (κ2) is 7.23. The molecule has 0 bridgehead atoms. The van der Waals surface area contributed by atoms with Crippen molar-refractivity contribution in [2.24, 2.45) is 7.05 Å². The zero-order valence-electron chi connectivity index (χ0n) is 11.9. The number of ether oxygens (including phenoxy) is 1. The molecule has 18 heavy (non-hydrogen) atoms. The number of likely N-dealkylation sites (N-methyl/N-ethyl adjacent to an activating group) is 1. The van der Waals surface area contributed by atoms with Gasteiger partial charge in [-0.1, -0.05) is 6.92 Å². The van der Waals surface area contributed by atoms with Crippen molar-refractivity contribution in [2.75, 3.05) is 51.4 Å². The molecule has 0 atom stereocenters. The second-order valence-electron chi connectivity index (χ2n) is 4.53. The first-order valence-electron chi connectivity index (χ1n) is 6.34. The van der Waals surface area contributed by atoms with E-state index in [0.717, 1.165) is 43.3 Å². The van der Waals surface area contributed by atoms with Gasteiger partial charge in [-0.05, 0) is 20.5 Å². The Morgan fingerprint density at radius 1 is 1.39 bits per heavy atom. The quantitative estimate of drug-likeness (QED) is 0.664. The SMILES string of the molecule is CCc1nn(C)c(NCCOCCN(C)C)c1N. The van der Waals surface area contributed by atoms with Gasteiger partial charge in [0.2, 0.25) is 0 Å². The summed E-state index contributed by atoms with van der Waals surface area (Å²) in [6.45, 7) is 5.14. The maximum atomic E-state index is 6.00. The van der Waals surface area contributed by atoms with Crippen LogP contribution in [0.1, 0.15) is 12.6 Å². The molecule has 0 aromatic carbocycles. The molecule has 1 aromatic rings. The number of anilines is 2. The summed E-state index contributed by atoms with van der Waals surface area (Å²) in [5.74, 6) is 0.878. The highest BCUT2D eigenvalue weighted by atomic mass is 16.5. The molecule has 1 aromatic heterocycles. The molecule has 0 saturated carbocycles. The van der Waals surface area contributed by atoms with Crippen molar-refractivity contribution in [3.63, 3.8) is 0 Å². The van der Waals surface area contributed by atoms with Crippen LogP contribution >= 0.6 is 0 Å². The monoisotopic (exact) mass is 255 g/mol. The zero-order chi connectivity index (χ0) is 13.5. The number of nitrogens with two attached hydrogens (primary N) is 1. The summed E-state index contributed by atoms with van der Waals surface area (Å²) in [5.41, 5.74) is 7.68. The summed E-state index contributed by atoms with van der Waals surface area (Å²) in [6.07, 6.45) is 0.848. The third-order valence-corrected chi connectivity index (χ3v) is 2.72. The van der Waals surface area contributed by atoms with E-state index in [2.05, 4.69) is 15.3 Å². The number of nitrogens with zero attached hydrogens (tertiary/aromatic N) is 3. The minimum Gasteiger partial charge on any atom is -0.394 e. The van der Waals surface area contributed by atoms with Crippen LogP contribution in [-0.2, 0) is 18.2 Å². The van der Waals surface area contributed by atoms with E-state index in [9.17, 15) is 0 Å². The maximum absolute atomic E-state index is 6.00. The molecule has 6 nitrogen and oxygen atoms in total. The van der Waals surface area contributed by atoms with E-state index in [4.69, 9.17) is 10.5 Å². The predicted molar refractivity (Wildman–Crippen MR) is 74.9 cm³/mol. The van der Waals surface area contributed by atoms with E-state index >= 15 is 0 Å². The maximum Gasteiger partial charge on any atom is 0.147 e. The Labute approximate surface area is 109 Å². The van der Waals surface area contributed by atoms with Gasteiger partial charge in [0.05, 0.1) is 24.6 Å². The van der Waals surface area contributed by atoms with Gasteiger partial charge in [-0.25, -0.2) is 0 Å². The number of nitrogen functional groups attached to an aromatic ring is 1. The standard InChI is InChI=1S/C12H25N5O/c1-5-10-11(13)12(17(4)15-10)14-6-8-18-9-7-16(2)3/h14H,5-9,13H2,1-4H3. The number of hydrogen-bond acceptors (Lipinski definition) is 5. The number of aryl methyl sites for hydroxylation is 2. The molecular weight excluding hydrogens is 230 g/mol. The topological polar surface area (TPSA) is 68.3 Å². The molecule has 0 fully saturated rings. The van der Waals surface area contributed by atoms with Crippen LogP contribution in [0.25, 0.3) is 0 Å². The third kappa shape index (κ3) is 4.19. The van der Waals surface area contributed by atoms with E-state index in [1.165, 1.54) is 0 Å². The molecule has 6 heteroatoms. The lowest BCUT2D eigenvalue weighted by atomic mass is 10.3. The molecule has 0 saturated heterocycles. The van der Waals surface area contributed by atoms with Crippen LogP contribution in [0.3, 0.4) is 0 Å². The molecule has 0 unspecified atom stereocenters. The number of aromatic nitrogens is 2. The minimum atomic E-state index is 0.667. The zero-order valence-corrected chi connectivity index (χ0v) is 11.9. The second-order valence-corrected chi connectivity index (χ2v) is 4.53. The third-order valence-electron chi connectivity index (χ3n) is 2.72. The predicted octanol–water partition coefficient (Wildman–Crippen LogP) is 0.555. The Balaban J connectivity index is 2.29. The first kappa shape index (κ1) is 14.8. The lowest BCUT2D eigenvalue weighted by Gasteiger charge is -2.11. The molecular formula is C12H25N5O. The molecule has 1 heterocycles. The van der Waals surface area contributed by atoms with Gasteiger partial charge in [0, 0.05) is 20.1 Å². The number of rotatable bonds is 8. The Kier molecular flexibility index (Phi) is 5.94. The van der Waals surface area contributed by atoms with Crippen molar-refractivity contribution >= 4 is 11.5 Å². The van der Waals surface area contributed by atoms with Crippen LogP contribution in [0.4, 0.5) is 11.5 Å². The van der Waals surface area contributed by atoms with Crippen molar-refractivity contribution in [1.29, 1.82) is 0 Å². The van der Waals surface area contributed by atoms with Crippen molar-refractivity contribution < 1.29 is 4.74 Å². The Hall–Kier alpha value is -1.27. The summed E-state index contributed by atoms with van der Waals surface area (Å²) in [7, 11) is 5.96. The van der Waals surface area contributed by atoms with Crippen LogP contribution in [0.5, 0.6) is 0 Å². The smallest absolute Gasteiger partial charge is 0.147 e. The molecule has 0 aliphatic rings. The van der Waals surface area contributed by atoms with Gasteiger partial charge in [0.25, 0.3) is 0 Å². The van der Waals surface area contributed by atoms with E-state index in [-0.39, 0.29) is 0 Å². The van der Waals surface area contributed by atoms with E-state index in [1.807, 2.05) is 28.1 Å². The van der Waals surface area contributed by atoms with Gasteiger partial charge in [0.15, 0.2) is 0 Å². The fraction of sp³-hybridized carbons (Fsp3) is 0.750. The molecule has 0 amide bonds. The van der Waals surface area contributed by atoms with Crippen LogP contribution in [0.15, 0.2) is 0 Å². The normalized spacial score (nSPS) is 11.2. The van der Waals surface area contributed by atoms with Crippen molar-refractivity contribution in [2.45, 2.75) is 13.3 Å². The summed E-state index contributed by atoms with van der Waals surface area (Å²) in [4.78, 5) is 2.10. The van der Waals surface area contributed by atoms with E-state index in [1.54, 1.807) is 4.68 Å². The Bertz CT molecular complexity index is 362. The highest BCUT2D eigenvalue weighted by Gasteiger charge is 2.10. The molecule has 0 aliphatic carbocycles. The van der Waals surface area contributed by atoms with Gasteiger partial charge >= 0.3 is 0 Å². The summed E-state index contributed by atoms with van der Waals surface area (Å²) in [6, 6.07) is 0. The molecule has 1 rings (SSSR count). The molecule has 0 radical (unpaired) electrons. The minimum absolute atomic E-state index is 0.667. The Morgan fingerprint density at radius 3 is 2.67 bits per heavy atom. The lowest BCUT2D eigenvalue weighted by Crippen LogP contribution is -2.20. The van der Waals surface area contributed by atoms with Crippen molar-refractivity contribution in [3.05, 3.63) is 5.69 Å². The fourth-order valence-electron chi connectivity index (χ4n) is 1.66. The van der Waals surface area contributed by atoms with Gasteiger partial charge in [-0.15, -0.1) is 0 Å². The van der Waals surface area contributed by atoms with Gasteiger partial charge in [-0.2, -0.15) is 5.10 Å². The van der Waals surface area contributed by atoms with Crippen LogP contribution in [0, 0.1) is 0 Å². The first-order valence-corrected chi connectivity index (χ1v) is 6.34. The van der Waals surface area contributed by atoms with Crippen LogP contribution in [0.2, 0.25) is 0 Å². The molecule has 0 aliphatic heterocycles. The highest BCUT2D eigenvalue weighted by Crippen LogP contribution is 2.21. The van der Waals surface area contributed by atoms with Crippen molar-refractivity contribution in [3.8, 4) is 0 Å². The fourth-order valence-corrected chi connectivity index (χ4v) is 1.66. The average molecular weight is 255 g/mol. The largest absolute Gasteiger partial charge is 0.394 e. The molecule has 104 valence electrons. The van der Waals surface area contributed by atoms with Crippen LogP contribution in [-0.4, -0.2) is 55.1 Å². The van der Waals surface area contributed by atoms with Crippen LogP contribution < -0.4 is 11.1 Å². The first-order chi connectivity index (χ1) is 8.56. The highest BCUT2D eigenvalue weighted by molar-refractivity contribution is 5.64. The summed E-state index contributed by atoms with van der Waals surface area (Å²) >= 11 is 0. The van der Waals surface area contributed by atoms with E-state index in [0.29, 0.717) is 6.61 Å². The Morgan fingerprint density at radius 2 is 2.11 bits per heavy atom. The van der Waals surface area contributed by atoms with E-state index < -0.39 is 0 Å². The molecule has 3 N–H and O–H groups in total. The van der Waals surface area contributed by atoms with Gasteiger partial charge in [0.1, 0.15) is 5.82 Å².